The van der Waals surface area contributed by atoms with Gasteiger partial charge in [0.2, 0.25) is 0 Å². The first-order valence-electron chi connectivity index (χ1n) is 6.81. The van der Waals surface area contributed by atoms with Crippen LogP contribution in [0.1, 0.15) is 11.1 Å². The highest BCUT2D eigenvalue weighted by molar-refractivity contribution is 6.30. The van der Waals surface area contributed by atoms with Crippen molar-refractivity contribution in [1.82, 2.24) is 0 Å². The van der Waals surface area contributed by atoms with Crippen molar-refractivity contribution in [2.24, 2.45) is 5.73 Å². The van der Waals surface area contributed by atoms with Gasteiger partial charge >= 0.3 is 0 Å². The summed E-state index contributed by atoms with van der Waals surface area (Å²) in [6.45, 7) is 0. The molecule has 106 valence electrons. The Morgan fingerprint density at radius 2 is 1.35 bits per heavy atom. The molecule has 0 heterocycles. The van der Waals surface area contributed by atoms with Gasteiger partial charge in [-0.3, -0.25) is 0 Å². The fourth-order valence-corrected chi connectivity index (χ4v) is 2.35. The number of nitrogens with two attached hydrogens (primary N) is 1. The zero-order chi connectivity index (χ0) is 14.5. The molecule has 2 N–H and O–H groups in total. The number of anilines is 1. The first-order chi connectivity index (χ1) is 9.54. The van der Waals surface area contributed by atoms with Gasteiger partial charge in [-0.15, -0.1) is 0 Å². The topological polar surface area (TPSA) is 29.3 Å². The van der Waals surface area contributed by atoms with E-state index in [9.17, 15) is 0 Å². The molecule has 3 heteroatoms. The normalized spacial score (nSPS) is 12.2. The molecule has 0 saturated heterocycles. The Kier molecular flexibility index (Phi) is 5.05. The van der Waals surface area contributed by atoms with Crippen molar-refractivity contribution in [1.29, 1.82) is 0 Å². The summed E-state index contributed by atoms with van der Waals surface area (Å²) in [6, 6.07) is 16.6. The summed E-state index contributed by atoms with van der Waals surface area (Å²) in [6.07, 6.45) is 1.75. The van der Waals surface area contributed by atoms with E-state index in [0.717, 1.165) is 17.9 Å². The van der Waals surface area contributed by atoms with Crippen molar-refractivity contribution in [3.8, 4) is 0 Å². The van der Waals surface area contributed by atoms with Crippen molar-refractivity contribution in [3.05, 3.63) is 64.7 Å². The molecule has 0 amide bonds. The van der Waals surface area contributed by atoms with E-state index in [4.69, 9.17) is 17.3 Å². The van der Waals surface area contributed by atoms with Gasteiger partial charge in [-0.25, -0.2) is 0 Å². The zero-order valence-electron chi connectivity index (χ0n) is 12.0. The smallest absolute Gasteiger partial charge is 0.0406 e. The van der Waals surface area contributed by atoms with E-state index in [1.807, 2.05) is 38.4 Å². The minimum Gasteiger partial charge on any atom is -0.378 e. The summed E-state index contributed by atoms with van der Waals surface area (Å²) >= 11 is 5.88. The molecule has 1 atom stereocenters. The monoisotopic (exact) mass is 288 g/mol. The van der Waals surface area contributed by atoms with Gasteiger partial charge in [0.15, 0.2) is 0 Å². The van der Waals surface area contributed by atoms with Gasteiger partial charge in [0, 0.05) is 30.8 Å². The van der Waals surface area contributed by atoms with Crippen LogP contribution in [0.4, 0.5) is 5.69 Å². The van der Waals surface area contributed by atoms with Crippen LogP contribution < -0.4 is 10.6 Å². The fourth-order valence-electron chi connectivity index (χ4n) is 2.23. The van der Waals surface area contributed by atoms with Gasteiger partial charge in [0.05, 0.1) is 0 Å². The molecule has 0 radical (unpaired) electrons. The van der Waals surface area contributed by atoms with Gasteiger partial charge in [-0.2, -0.15) is 0 Å². The van der Waals surface area contributed by atoms with Crippen LogP contribution in [0.5, 0.6) is 0 Å². The summed E-state index contributed by atoms with van der Waals surface area (Å²) in [5, 5.41) is 0.765. The maximum atomic E-state index is 6.23. The third-order valence-corrected chi connectivity index (χ3v) is 3.61. The lowest BCUT2D eigenvalue weighted by Gasteiger charge is -2.15. The Morgan fingerprint density at radius 1 is 0.900 bits per heavy atom. The van der Waals surface area contributed by atoms with Crippen molar-refractivity contribution in [3.63, 3.8) is 0 Å². The molecule has 0 aliphatic heterocycles. The first-order valence-corrected chi connectivity index (χ1v) is 7.18. The van der Waals surface area contributed by atoms with E-state index in [0.29, 0.717) is 0 Å². The molecule has 2 rings (SSSR count). The summed E-state index contributed by atoms with van der Waals surface area (Å²) in [7, 11) is 4.09. The molecule has 0 aliphatic carbocycles. The molecule has 0 aliphatic rings. The maximum absolute atomic E-state index is 6.23. The van der Waals surface area contributed by atoms with Gasteiger partial charge in [-0.1, -0.05) is 35.9 Å². The highest BCUT2D eigenvalue weighted by atomic mass is 35.5. The van der Waals surface area contributed by atoms with E-state index in [-0.39, 0.29) is 6.04 Å². The van der Waals surface area contributed by atoms with Crippen LogP contribution >= 0.6 is 11.6 Å². The van der Waals surface area contributed by atoms with Crippen molar-refractivity contribution < 1.29 is 0 Å². The average Bonchev–Trinajstić information content (AvgIpc) is 2.42. The molecule has 0 bridgehead atoms. The SMILES string of the molecule is CN(C)c1ccc(CC(N)Cc2ccc(Cl)cc2)cc1. The molecule has 0 aromatic heterocycles. The van der Waals surface area contributed by atoms with Gasteiger partial charge < -0.3 is 10.6 Å². The lowest BCUT2D eigenvalue weighted by Crippen LogP contribution is -2.25. The lowest BCUT2D eigenvalue weighted by molar-refractivity contribution is 0.665. The minimum absolute atomic E-state index is 0.126. The van der Waals surface area contributed by atoms with E-state index < -0.39 is 0 Å². The first kappa shape index (κ1) is 14.9. The van der Waals surface area contributed by atoms with Crippen LogP contribution in [-0.4, -0.2) is 20.1 Å². The maximum Gasteiger partial charge on any atom is 0.0406 e. The second-order valence-electron chi connectivity index (χ2n) is 5.36. The number of hydrogen-bond donors (Lipinski definition) is 1. The Morgan fingerprint density at radius 3 is 1.80 bits per heavy atom. The van der Waals surface area contributed by atoms with E-state index >= 15 is 0 Å². The molecule has 0 saturated carbocycles. The molecule has 20 heavy (non-hydrogen) atoms. The van der Waals surface area contributed by atoms with Crippen molar-refractivity contribution in [2.75, 3.05) is 19.0 Å². The predicted octanol–water partition coefficient (Wildman–Crippen LogP) is 3.52. The second kappa shape index (κ2) is 6.78. The molecular formula is C17H21ClN2. The molecule has 0 spiro atoms. The van der Waals surface area contributed by atoms with E-state index in [1.165, 1.54) is 16.8 Å². The van der Waals surface area contributed by atoms with Crippen molar-refractivity contribution >= 4 is 17.3 Å². The van der Waals surface area contributed by atoms with E-state index in [2.05, 4.69) is 29.2 Å². The van der Waals surface area contributed by atoms with Gasteiger partial charge in [-0.05, 0) is 48.2 Å². The average molecular weight is 289 g/mol. The van der Waals surface area contributed by atoms with Gasteiger partial charge in [0.25, 0.3) is 0 Å². The Labute approximate surface area is 126 Å². The fraction of sp³-hybridized carbons (Fsp3) is 0.294. The van der Waals surface area contributed by atoms with Crippen LogP contribution in [0.15, 0.2) is 48.5 Å². The quantitative estimate of drug-likeness (QED) is 0.912. The third kappa shape index (κ3) is 4.26. The summed E-state index contributed by atoms with van der Waals surface area (Å²) < 4.78 is 0. The summed E-state index contributed by atoms with van der Waals surface area (Å²) in [5.74, 6) is 0. The molecular weight excluding hydrogens is 268 g/mol. The van der Waals surface area contributed by atoms with Crippen LogP contribution in [0.25, 0.3) is 0 Å². The largest absolute Gasteiger partial charge is 0.378 e. The lowest BCUT2D eigenvalue weighted by atomic mass is 9.99. The highest BCUT2D eigenvalue weighted by Crippen LogP contribution is 2.15. The number of nitrogens with zero attached hydrogens (tertiary/aromatic N) is 1. The zero-order valence-corrected chi connectivity index (χ0v) is 12.8. The Bertz CT molecular complexity index is 532. The predicted molar refractivity (Wildman–Crippen MR) is 87.6 cm³/mol. The molecule has 2 nitrogen and oxygen atoms in total. The number of hydrogen-bond acceptors (Lipinski definition) is 2. The Hall–Kier alpha value is -1.51. The van der Waals surface area contributed by atoms with Crippen molar-refractivity contribution in [2.45, 2.75) is 18.9 Å². The van der Waals surface area contributed by atoms with Crippen LogP contribution in [0.3, 0.4) is 0 Å². The summed E-state index contributed by atoms with van der Waals surface area (Å²) in [4.78, 5) is 2.09. The number of benzene rings is 2. The van der Waals surface area contributed by atoms with Crippen LogP contribution in [-0.2, 0) is 12.8 Å². The summed E-state index contributed by atoms with van der Waals surface area (Å²) in [5.41, 5.74) is 9.94. The van der Waals surface area contributed by atoms with Crippen LogP contribution in [0, 0.1) is 0 Å². The minimum atomic E-state index is 0.126. The third-order valence-electron chi connectivity index (χ3n) is 3.36. The second-order valence-corrected chi connectivity index (χ2v) is 5.79. The molecule has 2 aromatic carbocycles. The van der Waals surface area contributed by atoms with E-state index in [1.54, 1.807) is 0 Å². The number of halogens is 1. The molecule has 0 fully saturated rings. The molecule has 1 unspecified atom stereocenters. The van der Waals surface area contributed by atoms with Gasteiger partial charge in [0.1, 0.15) is 0 Å². The number of rotatable bonds is 5. The standard InChI is InChI=1S/C17H21ClN2/c1-20(2)17-9-5-14(6-10-17)12-16(19)11-13-3-7-15(18)8-4-13/h3-10,16H,11-12,19H2,1-2H3. The Balaban J connectivity index is 1.93. The van der Waals surface area contributed by atoms with Crippen LogP contribution in [0.2, 0.25) is 5.02 Å². The highest BCUT2D eigenvalue weighted by Gasteiger charge is 2.06. The molecule has 2 aromatic rings.